The summed E-state index contributed by atoms with van der Waals surface area (Å²) in [6.45, 7) is 4.21. The summed E-state index contributed by atoms with van der Waals surface area (Å²) in [7, 11) is 4.84. The molecule has 2 amide bonds. The van der Waals surface area contributed by atoms with Crippen molar-refractivity contribution in [1.29, 1.82) is 0 Å². The van der Waals surface area contributed by atoms with E-state index in [4.69, 9.17) is 9.15 Å². The normalized spacial score (nSPS) is 15.6. The molecule has 7 nitrogen and oxygen atoms in total. The number of furan rings is 1. The van der Waals surface area contributed by atoms with Gasteiger partial charge in [-0.1, -0.05) is 6.42 Å². The van der Waals surface area contributed by atoms with E-state index in [1.54, 1.807) is 38.4 Å². The Bertz CT molecular complexity index is 869. The van der Waals surface area contributed by atoms with Gasteiger partial charge in [0.1, 0.15) is 11.5 Å². The lowest BCUT2D eigenvalue weighted by Crippen LogP contribution is -2.32. The van der Waals surface area contributed by atoms with Crippen LogP contribution >= 0.6 is 0 Å². The summed E-state index contributed by atoms with van der Waals surface area (Å²) in [5.41, 5.74) is 0.886. The number of likely N-dealkylation sites (tertiary alicyclic amines) is 1. The second kappa shape index (κ2) is 9.13. The second-order valence-electron chi connectivity index (χ2n) is 7.54. The molecule has 1 unspecified atom stereocenters. The van der Waals surface area contributed by atoms with E-state index in [0.29, 0.717) is 17.0 Å². The highest BCUT2D eigenvalue weighted by Crippen LogP contribution is 2.27. The molecule has 156 valence electrons. The molecule has 0 spiro atoms. The molecule has 0 radical (unpaired) electrons. The van der Waals surface area contributed by atoms with Crippen LogP contribution < -0.4 is 10.1 Å². The third kappa shape index (κ3) is 4.79. The van der Waals surface area contributed by atoms with Crippen molar-refractivity contribution in [3.63, 3.8) is 0 Å². The van der Waals surface area contributed by atoms with E-state index in [1.807, 2.05) is 6.07 Å². The summed E-state index contributed by atoms with van der Waals surface area (Å²) in [5, 5.41) is 2.80. The lowest BCUT2D eigenvalue weighted by molar-refractivity contribution is 0.0823. The smallest absolute Gasteiger partial charge is 0.291 e. The minimum Gasteiger partial charge on any atom is -0.496 e. The van der Waals surface area contributed by atoms with Gasteiger partial charge >= 0.3 is 0 Å². The first kappa shape index (κ1) is 20.9. The molecule has 7 heteroatoms. The van der Waals surface area contributed by atoms with E-state index in [9.17, 15) is 9.59 Å². The van der Waals surface area contributed by atoms with Gasteiger partial charge in [0.25, 0.3) is 11.8 Å². The lowest BCUT2D eigenvalue weighted by Gasteiger charge is -2.31. The Hall–Kier alpha value is -2.80. The highest BCUT2D eigenvalue weighted by atomic mass is 16.5. The van der Waals surface area contributed by atoms with Crippen LogP contribution in [0.2, 0.25) is 0 Å². The molecule has 1 N–H and O–H groups in total. The van der Waals surface area contributed by atoms with Crippen LogP contribution in [0.15, 0.2) is 34.7 Å². The van der Waals surface area contributed by atoms with Crippen LogP contribution in [0.25, 0.3) is 0 Å². The Balaban J connectivity index is 1.73. The molecule has 1 aliphatic heterocycles. The average Bonchev–Trinajstić information content (AvgIpc) is 3.23. The zero-order valence-corrected chi connectivity index (χ0v) is 17.5. The maximum atomic E-state index is 12.7. The van der Waals surface area contributed by atoms with Crippen molar-refractivity contribution in [1.82, 2.24) is 9.80 Å². The Morgan fingerprint density at radius 2 is 1.86 bits per heavy atom. The van der Waals surface area contributed by atoms with E-state index in [2.05, 4.69) is 17.1 Å². The summed E-state index contributed by atoms with van der Waals surface area (Å²) >= 11 is 0. The number of hydrogen-bond donors (Lipinski definition) is 1. The van der Waals surface area contributed by atoms with Gasteiger partial charge in [-0.15, -0.1) is 0 Å². The number of methoxy groups -OCH3 is 1. The molecule has 1 atom stereocenters. The van der Waals surface area contributed by atoms with Crippen molar-refractivity contribution in [3.05, 3.63) is 47.4 Å². The molecule has 29 heavy (non-hydrogen) atoms. The number of ether oxygens (including phenoxy) is 1. The molecule has 1 saturated heterocycles. The predicted molar refractivity (Wildman–Crippen MR) is 112 cm³/mol. The van der Waals surface area contributed by atoms with Crippen molar-refractivity contribution in [2.75, 3.05) is 39.6 Å². The standard InChI is InChI=1S/C22H29N3O4/c1-15(25-12-6-5-7-13-25)18-10-11-20(29-18)21(26)23-16-8-9-19(28-4)17(14-16)22(27)24(2)3/h8-11,14-15H,5-7,12-13H2,1-4H3,(H,23,26). The SMILES string of the molecule is COc1ccc(NC(=O)c2ccc(C(C)N3CCCCC3)o2)cc1C(=O)N(C)C. The van der Waals surface area contributed by atoms with Crippen LogP contribution in [-0.4, -0.2) is 55.9 Å². The van der Waals surface area contributed by atoms with E-state index in [1.165, 1.54) is 31.3 Å². The van der Waals surface area contributed by atoms with Crippen LogP contribution in [0.3, 0.4) is 0 Å². The number of rotatable bonds is 6. The molecule has 1 aliphatic rings. The number of nitrogens with zero attached hydrogens (tertiary/aromatic N) is 2. The topological polar surface area (TPSA) is 75.0 Å². The van der Waals surface area contributed by atoms with Gasteiger partial charge in [0, 0.05) is 19.8 Å². The van der Waals surface area contributed by atoms with Gasteiger partial charge in [-0.25, -0.2) is 0 Å². The lowest BCUT2D eigenvalue weighted by atomic mass is 10.1. The summed E-state index contributed by atoms with van der Waals surface area (Å²) in [6.07, 6.45) is 3.67. The fraction of sp³-hybridized carbons (Fsp3) is 0.455. The van der Waals surface area contributed by atoms with E-state index in [0.717, 1.165) is 18.8 Å². The number of benzene rings is 1. The molecule has 2 aromatic rings. The summed E-state index contributed by atoms with van der Waals surface area (Å²) < 4.78 is 11.1. The number of amides is 2. The molecule has 1 fully saturated rings. The summed E-state index contributed by atoms with van der Waals surface area (Å²) in [4.78, 5) is 28.9. The molecule has 2 heterocycles. The van der Waals surface area contributed by atoms with Gasteiger partial charge in [-0.3, -0.25) is 14.5 Å². The molecule has 1 aromatic carbocycles. The second-order valence-corrected chi connectivity index (χ2v) is 7.54. The summed E-state index contributed by atoms with van der Waals surface area (Å²) in [6, 6.07) is 8.67. The first-order valence-electron chi connectivity index (χ1n) is 9.95. The van der Waals surface area contributed by atoms with Gasteiger partial charge < -0.3 is 19.4 Å². The van der Waals surface area contributed by atoms with Crippen LogP contribution in [0.4, 0.5) is 5.69 Å². The quantitative estimate of drug-likeness (QED) is 0.800. The number of carbonyl (C=O) groups excluding carboxylic acids is 2. The monoisotopic (exact) mass is 399 g/mol. The fourth-order valence-corrected chi connectivity index (χ4v) is 3.57. The van der Waals surface area contributed by atoms with E-state index in [-0.39, 0.29) is 23.6 Å². The highest BCUT2D eigenvalue weighted by molar-refractivity contribution is 6.04. The number of hydrogen-bond acceptors (Lipinski definition) is 5. The van der Waals surface area contributed by atoms with Crippen LogP contribution in [0, 0.1) is 0 Å². The van der Waals surface area contributed by atoms with Crippen LogP contribution in [0.5, 0.6) is 5.75 Å². The van der Waals surface area contributed by atoms with E-state index < -0.39 is 0 Å². The zero-order chi connectivity index (χ0) is 21.0. The predicted octanol–water partition coefficient (Wildman–Crippen LogP) is 3.79. The Morgan fingerprint density at radius 1 is 1.14 bits per heavy atom. The molecule has 1 aromatic heterocycles. The van der Waals surface area contributed by atoms with E-state index >= 15 is 0 Å². The third-order valence-corrected chi connectivity index (χ3v) is 5.29. The Labute approximate surface area is 171 Å². The van der Waals surface area contributed by atoms with Crippen molar-refractivity contribution >= 4 is 17.5 Å². The fourth-order valence-electron chi connectivity index (χ4n) is 3.57. The van der Waals surface area contributed by atoms with Crippen molar-refractivity contribution in [2.45, 2.75) is 32.2 Å². The van der Waals surface area contributed by atoms with Crippen LogP contribution in [-0.2, 0) is 0 Å². The molecular weight excluding hydrogens is 370 g/mol. The molecule has 0 saturated carbocycles. The molecular formula is C22H29N3O4. The van der Waals surface area contributed by atoms with Gasteiger partial charge in [0.15, 0.2) is 5.76 Å². The molecule has 0 bridgehead atoms. The van der Waals surface area contributed by atoms with Gasteiger partial charge in [-0.05, 0) is 63.2 Å². The average molecular weight is 399 g/mol. The third-order valence-electron chi connectivity index (χ3n) is 5.29. The maximum Gasteiger partial charge on any atom is 0.291 e. The van der Waals surface area contributed by atoms with Gasteiger partial charge in [0.2, 0.25) is 0 Å². The first-order valence-corrected chi connectivity index (χ1v) is 9.95. The van der Waals surface area contributed by atoms with Crippen molar-refractivity contribution in [3.8, 4) is 5.75 Å². The molecule has 0 aliphatic carbocycles. The summed E-state index contributed by atoms with van der Waals surface area (Å²) in [5.74, 6) is 0.942. The largest absolute Gasteiger partial charge is 0.496 e. The zero-order valence-electron chi connectivity index (χ0n) is 17.5. The number of anilines is 1. The van der Waals surface area contributed by atoms with Crippen LogP contribution in [0.1, 0.15) is 58.9 Å². The van der Waals surface area contributed by atoms with Crippen molar-refractivity contribution in [2.24, 2.45) is 0 Å². The minimum absolute atomic E-state index is 0.141. The number of carbonyl (C=O) groups is 2. The minimum atomic E-state index is -0.351. The maximum absolute atomic E-state index is 12.7. The van der Waals surface area contributed by atoms with Gasteiger partial charge in [-0.2, -0.15) is 0 Å². The highest BCUT2D eigenvalue weighted by Gasteiger charge is 2.22. The first-order chi connectivity index (χ1) is 13.9. The Kier molecular flexibility index (Phi) is 6.59. The molecule has 3 rings (SSSR count). The number of piperidine rings is 1. The number of nitrogens with one attached hydrogen (secondary N) is 1. The Morgan fingerprint density at radius 3 is 2.52 bits per heavy atom. The van der Waals surface area contributed by atoms with Crippen molar-refractivity contribution < 1.29 is 18.7 Å². The van der Waals surface area contributed by atoms with Gasteiger partial charge in [0.05, 0.1) is 18.7 Å².